The van der Waals surface area contributed by atoms with Gasteiger partial charge in [0, 0.05) is 11.6 Å². The summed E-state index contributed by atoms with van der Waals surface area (Å²) in [6.07, 6.45) is 0.330. The third-order valence-corrected chi connectivity index (χ3v) is 3.26. The van der Waals surface area contributed by atoms with Gasteiger partial charge in [0.1, 0.15) is 5.75 Å². The Morgan fingerprint density at radius 1 is 1.40 bits per heavy atom. The Morgan fingerprint density at radius 3 is 2.60 bits per heavy atom. The zero-order valence-electron chi connectivity index (χ0n) is 11.7. The molecular weight excluding hydrogens is 282 g/mol. The van der Waals surface area contributed by atoms with E-state index in [-0.39, 0.29) is 12.5 Å². The molecule has 0 aliphatic rings. The molecule has 5 nitrogen and oxygen atoms in total. The first-order valence-corrected chi connectivity index (χ1v) is 6.51. The van der Waals surface area contributed by atoms with Gasteiger partial charge in [-0.2, -0.15) is 0 Å². The van der Waals surface area contributed by atoms with E-state index in [1.165, 1.54) is 13.2 Å². The van der Waals surface area contributed by atoms with Crippen LogP contribution < -0.4 is 10.1 Å². The Hall–Kier alpha value is -1.75. The first-order valence-electron chi connectivity index (χ1n) is 6.13. The molecule has 1 amide bonds. The van der Waals surface area contributed by atoms with Gasteiger partial charge < -0.3 is 15.2 Å². The van der Waals surface area contributed by atoms with E-state index in [4.69, 9.17) is 21.4 Å². The number of ether oxygens (including phenoxy) is 1. The summed E-state index contributed by atoms with van der Waals surface area (Å²) in [6, 6.07) is 4.75. The minimum atomic E-state index is -0.896. The second kappa shape index (κ2) is 6.61. The number of methoxy groups -OCH3 is 1. The van der Waals surface area contributed by atoms with E-state index in [9.17, 15) is 9.59 Å². The quantitative estimate of drug-likeness (QED) is 0.846. The normalized spacial score (nSPS) is 11.0. The lowest BCUT2D eigenvalue weighted by Crippen LogP contribution is -2.32. The number of benzene rings is 1. The van der Waals surface area contributed by atoms with Crippen LogP contribution in [0.15, 0.2) is 18.2 Å². The molecule has 0 saturated heterocycles. The van der Waals surface area contributed by atoms with Gasteiger partial charge in [0.15, 0.2) is 0 Å². The Bertz CT molecular complexity index is 514. The number of rotatable bonds is 6. The highest BCUT2D eigenvalue weighted by Gasteiger charge is 2.26. The Balaban J connectivity index is 2.68. The maximum atomic E-state index is 12.0. The lowest BCUT2D eigenvalue weighted by molar-refractivity contribution is -0.147. The fourth-order valence-electron chi connectivity index (χ4n) is 1.55. The number of hydrogen-bond donors (Lipinski definition) is 2. The molecule has 1 aromatic rings. The minimum Gasteiger partial charge on any atom is -0.496 e. The van der Waals surface area contributed by atoms with Crippen molar-refractivity contribution in [3.8, 4) is 5.75 Å². The predicted molar refractivity (Wildman–Crippen MR) is 76.4 cm³/mol. The topological polar surface area (TPSA) is 75.6 Å². The van der Waals surface area contributed by atoms with Crippen LogP contribution in [-0.2, 0) is 4.79 Å². The highest BCUT2D eigenvalue weighted by molar-refractivity contribution is 6.31. The van der Waals surface area contributed by atoms with Crippen LogP contribution in [0.4, 0.5) is 0 Å². The smallest absolute Gasteiger partial charge is 0.309 e. The number of carbonyl (C=O) groups excluding carboxylic acids is 1. The van der Waals surface area contributed by atoms with Gasteiger partial charge in [0.25, 0.3) is 5.91 Å². The second-order valence-electron chi connectivity index (χ2n) is 5.04. The molecule has 0 spiro atoms. The van der Waals surface area contributed by atoms with Crippen LogP contribution in [0.2, 0.25) is 5.02 Å². The van der Waals surface area contributed by atoms with Crippen molar-refractivity contribution in [2.75, 3.05) is 13.7 Å². The molecule has 1 aromatic carbocycles. The molecule has 0 unspecified atom stereocenters. The average Bonchev–Trinajstić information content (AvgIpc) is 2.38. The van der Waals surface area contributed by atoms with Crippen LogP contribution in [-0.4, -0.2) is 30.6 Å². The van der Waals surface area contributed by atoms with E-state index in [1.807, 2.05) is 0 Å². The number of halogens is 1. The summed E-state index contributed by atoms with van der Waals surface area (Å²) in [6.45, 7) is 3.48. The van der Waals surface area contributed by atoms with Crippen LogP contribution in [0, 0.1) is 5.41 Å². The molecule has 0 heterocycles. The molecule has 1 rings (SSSR count). The van der Waals surface area contributed by atoms with Crippen molar-refractivity contribution < 1.29 is 19.4 Å². The summed E-state index contributed by atoms with van der Waals surface area (Å²) in [5.41, 5.74) is -0.556. The molecule has 0 radical (unpaired) electrons. The summed E-state index contributed by atoms with van der Waals surface area (Å²) in [5, 5.41) is 12.1. The van der Waals surface area contributed by atoms with Crippen molar-refractivity contribution in [3.05, 3.63) is 28.8 Å². The molecule has 6 heteroatoms. The van der Waals surface area contributed by atoms with Crippen LogP contribution in [0.3, 0.4) is 0 Å². The maximum Gasteiger partial charge on any atom is 0.309 e. The van der Waals surface area contributed by atoms with E-state index in [2.05, 4.69) is 5.32 Å². The van der Waals surface area contributed by atoms with E-state index in [1.54, 1.807) is 26.0 Å². The molecule has 20 heavy (non-hydrogen) atoms. The maximum absolute atomic E-state index is 12.0. The zero-order chi connectivity index (χ0) is 15.3. The molecule has 0 aliphatic heterocycles. The predicted octanol–water partition coefficient (Wildman–Crippen LogP) is 2.58. The number of carbonyl (C=O) groups is 2. The monoisotopic (exact) mass is 299 g/mol. The summed E-state index contributed by atoms with van der Waals surface area (Å²) >= 11 is 5.85. The highest BCUT2D eigenvalue weighted by Crippen LogP contribution is 2.23. The summed E-state index contributed by atoms with van der Waals surface area (Å²) in [5.74, 6) is -0.818. The van der Waals surface area contributed by atoms with Gasteiger partial charge in [-0.15, -0.1) is 0 Å². The van der Waals surface area contributed by atoms with Crippen LogP contribution in [0.25, 0.3) is 0 Å². The fourth-order valence-corrected chi connectivity index (χ4v) is 1.72. The van der Waals surface area contributed by atoms with E-state index in [0.717, 1.165) is 0 Å². The van der Waals surface area contributed by atoms with E-state index < -0.39 is 11.4 Å². The third kappa shape index (κ3) is 4.13. The van der Waals surface area contributed by atoms with Crippen molar-refractivity contribution in [1.82, 2.24) is 5.32 Å². The number of nitrogens with one attached hydrogen (secondary N) is 1. The van der Waals surface area contributed by atoms with Gasteiger partial charge in [-0.1, -0.05) is 11.6 Å². The molecular formula is C14H18ClNO4. The average molecular weight is 300 g/mol. The van der Waals surface area contributed by atoms with Crippen molar-refractivity contribution >= 4 is 23.5 Å². The first-order chi connectivity index (χ1) is 9.27. The third-order valence-electron chi connectivity index (χ3n) is 3.02. The number of amides is 1. The van der Waals surface area contributed by atoms with Gasteiger partial charge >= 0.3 is 5.97 Å². The summed E-state index contributed by atoms with van der Waals surface area (Å²) in [7, 11) is 1.47. The molecule has 0 saturated carbocycles. The van der Waals surface area contributed by atoms with Gasteiger partial charge in [-0.3, -0.25) is 9.59 Å². The van der Waals surface area contributed by atoms with Gasteiger partial charge in [-0.05, 0) is 38.5 Å². The molecule has 0 atom stereocenters. The first kappa shape index (κ1) is 16.3. The van der Waals surface area contributed by atoms with Crippen molar-refractivity contribution in [2.24, 2.45) is 5.41 Å². The Kier molecular flexibility index (Phi) is 5.39. The largest absolute Gasteiger partial charge is 0.496 e. The summed E-state index contributed by atoms with van der Waals surface area (Å²) < 4.78 is 5.09. The van der Waals surface area contributed by atoms with Gasteiger partial charge in [0.2, 0.25) is 0 Å². The van der Waals surface area contributed by atoms with E-state index in [0.29, 0.717) is 22.8 Å². The van der Waals surface area contributed by atoms with Gasteiger partial charge in [0.05, 0.1) is 18.1 Å². The van der Waals surface area contributed by atoms with Crippen LogP contribution >= 0.6 is 11.6 Å². The second-order valence-corrected chi connectivity index (χ2v) is 5.48. The minimum absolute atomic E-state index is 0.258. The Labute approximate surface area is 122 Å². The molecule has 0 aliphatic carbocycles. The van der Waals surface area contributed by atoms with Crippen LogP contribution in [0.5, 0.6) is 5.75 Å². The molecule has 0 fully saturated rings. The fraction of sp³-hybridized carbons (Fsp3) is 0.429. The van der Waals surface area contributed by atoms with Crippen LogP contribution in [0.1, 0.15) is 30.6 Å². The summed E-state index contributed by atoms with van der Waals surface area (Å²) in [4.78, 5) is 23.0. The van der Waals surface area contributed by atoms with E-state index >= 15 is 0 Å². The standard InChI is InChI=1S/C14H18ClNO4/c1-14(2,13(18)19)6-7-16-12(17)10-8-9(15)4-5-11(10)20-3/h4-5,8H,6-7H2,1-3H3,(H,16,17)(H,18,19). The Morgan fingerprint density at radius 2 is 2.05 bits per heavy atom. The molecule has 110 valence electrons. The lowest BCUT2D eigenvalue weighted by atomic mass is 9.90. The number of carboxylic acids is 1. The SMILES string of the molecule is COc1ccc(Cl)cc1C(=O)NCCC(C)(C)C(=O)O. The van der Waals surface area contributed by atoms with Crippen molar-refractivity contribution in [1.29, 1.82) is 0 Å². The number of aliphatic carboxylic acids is 1. The highest BCUT2D eigenvalue weighted by atomic mass is 35.5. The van der Waals surface area contributed by atoms with Crippen molar-refractivity contribution in [3.63, 3.8) is 0 Å². The molecule has 0 aromatic heterocycles. The molecule has 2 N–H and O–H groups in total. The van der Waals surface area contributed by atoms with Crippen molar-refractivity contribution in [2.45, 2.75) is 20.3 Å². The number of carboxylic acid groups (broad SMARTS) is 1. The molecule has 0 bridgehead atoms. The van der Waals surface area contributed by atoms with Gasteiger partial charge in [-0.25, -0.2) is 0 Å². The lowest BCUT2D eigenvalue weighted by Gasteiger charge is -2.19. The number of hydrogen-bond acceptors (Lipinski definition) is 3. The zero-order valence-corrected chi connectivity index (χ0v) is 12.5.